The minimum Gasteiger partial charge on any atom is -0.334 e. The fourth-order valence-electron chi connectivity index (χ4n) is 2.96. The molecule has 3 aromatic rings. The molecule has 4 nitrogen and oxygen atoms in total. The summed E-state index contributed by atoms with van der Waals surface area (Å²) in [5.74, 6) is -0.0262. The Balaban J connectivity index is 1.69. The van der Waals surface area contributed by atoms with E-state index in [9.17, 15) is 9.59 Å². The number of carbonyl (C=O) groups is 2. The third-order valence-corrected chi connectivity index (χ3v) is 6.29. The molecular formula is C22H24N2O2S2. The Morgan fingerprint density at radius 1 is 0.714 bits per heavy atom. The van der Waals surface area contributed by atoms with Gasteiger partial charge in [0.05, 0.1) is 13.1 Å². The van der Waals surface area contributed by atoms with Gasteiger partial charge in [0.25, 0.3) is 11.8 Å². The fraction of sp³-hybridized carbons (Fsp3) is 0.273. The molecule has 6 heteroatoms. The fourth-order valence-corrected chi connectivity index (χ4v) is 4.40. The molecule has 0 aliphatic carbocycles. The van der Waals surface area contributed by atoms with Crippen LogP contribution < -0.4 is 0 Å². The van der Waals surface area contributed by atoms with Gasteiger partial charge in [0.2, 0.25) is 0 Å². The SMILES string of the molecule is CCN(Cc1cccs1)C(=O)c1ccc(C(=O)N(CC)Cc2cccs2)cc1. The van der Waals surface area contributed by atoms with Crippen molar-refractivity contribution in [2.45, 2.75) is 26.9 Å². The van der Waals surface area contributed by atoms with E-state index in [1.165, 1.54) is 0 Å². The summed E-state index contributed by atoms with van der Waals surface area (Å²) in [6.45, 7) is 6.46. The molecular weight excluding hydrogens is 388 g/mol. The van der Waals surface area contributed by atoms with Gasteiger partial charge in [-0.15, -0.1) is 22.7 Å². The van der Waals surface area contributed by atoms with Crippen molar-refractivity contribution >= 4 is 34.5 Å². The summed E-state index contributed by atoms with van der Waals surface area (Å²) in [4.78, 5) is 31.6. The molecule has 0 spiro atoms. The highest BCUT2D eigenvalue weighted by molar-refractivity contribution is 7.10. The Morgan fingerprint density at radius 2 is 1.11 bits per heavy atom. The Hall–Kier alpha value is -2.44. The zero-order chi connectivity index (χ0) is 19.9. The second-order valence-electron chi connectivity index (χ2n) is 6.37. The van der Waals surface area contributed by atoms with Crippen LogP contribution in [-0.4, -0.2) is 34.7 Å². The first-order valence-corrected chi connectivity index (χ1v) is 11.1. The Labute approximate surface area is 174 Å². The van der Waals surface area contributed by atoms with E-state index in [1.807, 2.05) is 58.7 Å². The van der Waals surface area contributed by atoms with Gasteiger partial charge in [-0.1, -0.05) is 12.1 Å². The molecule has 3 rings (SSSR count). The number of benzene rings is 1. The van der Waals surface area contributed by atoms with Crippen molar-refractivity contribution in [2.75, 3.05) is 13.1 Å². The van der Waals surface area contributed by atoms with Gasteiger partial charge in [0, 0.05) is 34.0 Å². The molecule has 2 amide bonds. The molecule has 0 N–H and O–H groups in total. The van der Waals surface area contributed by atoms with Crippen LogP contribution in [0.3, 0.4) is 0 Å². The molecule has 0 atom stereocenters. The lowest BCUT2D eigenvalue weighted by Gasteiger charge is -2.21. The van der Waals surface area contributed by atoms with E-state index in [4.69, 9.17) is 0 Å². The molecule has 0 saturated heterocycles. The van der Waals surface area contributed by atoms with Gasteiger partial charge in [-0.25, -0.2) is 0 Å². The van der Waals surface area contributed by atoms with Crippen LogP contribution in [0.15, 0.2) is 59.3 Å². The van der Waals surface area contributed by atoms with Gasteiger partial charge in [-0.3, -0.25) is 9.59 Å². The molecule has 1 aromatic carbocycles. The lowest BCUT2D eigenvalue weighted by atomic mass is 10.1. The molecule has 28 heavy (non-hydrogen) atoms. The summed E-state index contributed by atoms with van der Waals surface area (Å²) in [5, 5.41) is 4.04. The first-order valence-electron chi connectivity index (χ1n) is 9.35. The average molecular weight is 413 g/mol. The van der Waals surface area contributed by atoms with Gasteiger partial charge in [0.1, 0.15) is 0 Å². The van der Waals surface area contributed by atoms with Gasteiger partial charge in [-0.05, 0) is 61.0 Å². The van der Waals surface area contributed by atoms with Crippen molar-refractivity contribution in [2.24, 2.45) is 0 Å². The summed E-state index contributed by atoms with van der Waals surface area (Å²) < 4.78 is 0. The van der Waals surface area contributed by atoms with Crippen molar-refractivity contribution in [1.82, 2.24) is 9.80 Å². The highest BCUT2D eigenvalue weighted by atomic mass is 32.1. The van der Waals surface area contributed by atoms with Crippen LogP contribution in [0, 0.1) is 0 Å². The quantitative estimate of drug-likeness (QED) is 0.514. The molecule has 0 bridgehead atoms. The Morgan fingerprint density at radius 3 is 1.39 bits per heavy atom. The summed E-state index contributed by atoms with van der Waals surface area (Å²) in [5.41, 5.74) is 1.22. The highest BCUT2D eigenvalue weighted by Crippen LogP contribution is 2.17. The summed E-state index contributed by atoms with van der Waals surface area (Å²) >= 11 is 3.30. The second-order valence-corrected chi connectivity index (χ2v) is 8.44. The topological polar surface area (TPSA) is 40.6 Å². The third-order valence-electron chi connectivity index (χ3n) is 4.57. The number of hydrogen-bond acceptors (Lipinski definition) is 4. The summed E-state index contributed by atoms with van der Waals surface area (Å²) in [6, 6.07) is 15.1. The van der Waals surface area contributed by atoms with Crippen LogP contribution >= 0.6 is 22.7 Å². The van der Waals surface area contributed by atoms with Crippen LogP contribution in [0.4, 0.5) is 0 Å². The van der Waals surface area contributed by atoms with Crippen molar-refractivity contribution in [1.29, 1.82) is 0 Å². The van der Waals surface area contributed by atoms with Crippen LogP contribution in [0.1, 0.15) is 44.3 Å². The molecule has 2 heterocycles. The molecule has 0 radical (unpaired) electrons. The molecule has 0 saturated carbocycles. The van der Waals surface area contributed by atoms with Crippen molar-refractivity contribution in [3.63, 3.8) is 0 Å². The van der Waals surface area contributed by atoms with E-state index in [-0.39, 0.29) is 11.8 Å². The van der Waals surface area contributed by atoms with E-state index in [2.05, 4.69) is 0 Å². The number of rotatable bonds is 8. The first kappa shape index (κ1) is 20.3. The van der Waals surface area contributed by atoms with Crippen LogP contribution in [0.5, 0.6) is 0 Å². The third kappa shape index (κ3) is 4.88. The first-order chi connectivity index (χ1) is 13.6. The van der Waals surface area contributed by atoms with Gasteiger partial charge >= 0.3 is 0 Å². The predicted octanol–water partition coefficient (Wildman–Crippen LogP) is 5.13. The zero-order valence-corrected chi connectivity index (χ0v) is 17.8. The van der Waals surface area contributed by atoms with E-state index >= 15 is 0 Å². The van der Waals surface area contributed by atoms with E-state index in [0.29, 0.717) is 37.3 Å². The number of hydrogen-bond donors (Lipinski definition) is 0. The number of thiophene rings is 2. The normalized spacial score (nSPS) is 10.6. The standard InChI is InChI=1S/C22H24N2O2S2/c1-3-23(15-19-7-5-13-27-19)21(25)17-9-11-18(12-10-17)22(26)24(4-2)16-20-8-6-14-28-20/h5-14H,3-4,15-16H2,1-2H3. The molecule has 2 aromatic heterocycles. The molecule has 0 aliphatic heterocycles. The van der Waals surface area contributed by atoms with Gasteiger partial charge < -0.3 is 9.80 Å². The molecule has 0 aliphatic rings. The van der Waals surface area contributed by atoms with Crippen molar-refractivity contribution in [3.8, 4) is 0 Å². The van der Waals surface area contributed by atoms with E-state index in [1.54, 1.807) is 46.9 Å². The van der Waals surface area contributed by atoms with Gasteiger partial charge in [0.15, 0.2) is 0 Å². The van der Waals surface area contributed by atoms with Crippen molar-refractivity contribution in [3.05, 3.63) is 80.2 Å². The van der Waals surface area contributed by atoms with E-state index in [0.717, 1.165) is 9.75 Å². The van der Waals surface area contributed by atoms with Gasteiger partial charge in [-0.2, -0.15) is 0 Å². The smallest absolute Gasteiger partial charge is 0.254 e. The minimum atomic E-state index is -0.0131. The maximum atomic E-state index is 12.8. The maximum absolute atomic E-state index is 12.8. The molecule has 146 valence electrons. The summed E-state index contributed by atoms with van der Waals surface area (Å²) in [6.07, 6.45) is 0. The zero-order valence-electron chi connectivity index (χ0n) is 16.1. The molecule has 0 unspecified atom stereocenters. The lowest BCUT2D eigenvalue weighted by Crippen LogP contribution is -2.31. The van der Waals surface area contributed by atoms with E-state index < -0.39 is 0 Å². The van der Waals surface area contributed by atoms with Crippen LogP contribution in [-0.2, 0) is 13.1 Å². The summed E-state index contributed by atoms with van der Waals surface area (Å²) in [7, 11) is 0. The second kappa shape index (κ2) is 9.66. The number of amides is 2. The molecule has 0 fully saturated rings. The number of carbonyl (C=O) groups excluding carboxylic acids is 2. The monoisotopic (exact) mass is 412 g/mol. The Bertz CT molecular complexity index is 812. The van der Waals surface area contributed by atoms with Crippen LogP contribution in [0.2, 0.25) is 0 Å². The predicted molar refractivity (Wildman–Crippen MR) is 116 cm³/mol. The largest absolute Gasteiger partial charge is 0.334 e. The van der Waals surface area contributed by atoms with Crippen LogP contribution in [0.25, 0.3) is 0 Å². The average Bonchev–Trinajstić information content (AvgIpc) is 3.43. The Kier molecular flexibility index (Phi) is 7.01. The lowest BCUT2D eigenvalue weighted by molar-refractivity contribution is 0.0742. The van der Waals surface area contributed by atoms with Crippen molar-refractivity contribution < 1.29 is 9.59 Å². The number of nitrogens with zero attached hydrogens (tertiary/aromatic N) is 2. The maximum Gasteiger partial charge on any atom is 0.254 e. The highest BCUT2D eigenvalue weighted by Gasteiger charge is 2.18. The minimum absolute atomic E-state index is 0.0131.